The van der Waals surface area contributed by atoms with Crippen molar-refractivity contribution in [1.82, 2.24) is 29.6 Å². The highest BCUT2D eigenvalue weighted by molar-refractivity contribution is 7.13. The predicted molar refractivity (Wildman–Crippen MR) is 99.1 cm³/mol. The van der Waals surface area contributed by atoms with Gasteiger partial charge in [0.2, 0.25) is 0 Å². The van der Waals surface area contributed by atoms with Crippen LogP contribution in [-0.4, -0.2) is 30.2 Å². The van der Waals surface area contributed by atoms with Gasteiger partial charge in [0.05, 0.1) is 18.4 Å². The maximum atomic E-state index is 12.3. The van der Waals surface area contributed by atoms with Gasteiger partial charge in [0.25, 0.3) is 5.91 Å². The van der Waals surface area contributed by atoms with Gasteiger partial charge in [-0.2, -0.15) is 5.10 Å². The summed E-state index contributed by atoms with van der Waals surface area (Å²) in [6.07, 6.45) is 7.20. The molecule has 0 bridgehead atoms. The summed E-state index contributed by atoms with van der Waals surface area (Å²) < 4.78 is 3.66. The molecule has 0 spiro atoms. The largest absolute Gasteiger partial charge is 0.343 e. The third-order valence-corrected chi connectivity index (χ3v) is 4.81. The number of hydrogen-bond donors (Lipinski definition) is 1. The molecule has 1 aromatic carbocycles. The first-order chi connectivity index (χ1) is 12.7. The van der Waals surface area contributed by atoms with E-state index in [1.165, 1.54) is 11.3 Å². The summed E-state index contributed by atoms with van der Waals surface area (Å²) >= 11 is 1.42. The molecule has 1 N–H and O–H groups in total. The van der Waals surface area contributed by atoms with E-state index >= 15 is 0 Å². The second-order valence-electron chi connectivity index (χ2n) is 5.68. The first-order valence-electron chi connectivity index (χ1n) is 8.01. The highest BCUT2D eigenvalue weighted by Gasteiger charge is 2.14. The number of nitrogens with one attached hydrogen (secondary N) is 1. The van der Waals surface area contributed by atoms with Gasteiger partial charge in [-0.05, 0) is 12.1 Å². The summed E-state index contributed by atoms with van der Waals surface area (Å²) in [5.74, 6) is 0.573. The van der Waals surface area contributed by atoms with Crippen LogP contribution in [0.3, 0.4) is 0 Å². The molecule has 0 fully saturated rings. The molecule has 0 radical (unpaired) electrons. The Morgan fingerprint density at radius 3 is 2.88 bits per heavy atom. The van der Waals surface area contributed by atoms with E-state index in [2.05, 4.69) is 20.4 Å². The predicted octanol–water partition coefficient (Wildman–Crippen LogP) is 2.66. The summed E-state index contributed by atoms with van der Waals surface area (Å²) in [6, 6.07) is 9.85. The van der Waals surface area contributed by atoms with Gasteiger partial charge in [0.15, 0.2) is 0 Å². The zero-order valence-electron chi connectivity index (χ0n) is 14.0. The standard InChI is InChI=1S/C18H16N6OS/c1-23-8-7-19-16(23)10-20-17(25)15-12-26-18(22-15)13-9-21-24(11-13)14-5-3-2-4-6-14/h2-9,11-12H,10H2,1H3,(H,20,25). The molecule has 1 amide bonds. The summed E-state index contributed by atoms with van der Waals surface area (Å²) in [6.45, 7) is 0.362. The van der Waals surface area contributed by atoms with Crippen molar-refractivity contribution in [1.29, 1.82) is 0 Å². The summed E-state index contributed by atoms with van der Waals surface area (Å²) in [5, 5.41) is 9.72. The van der Waals surface area contributed by atoms with E-state index in [9.17, 15) is 4.79 Å². The lowest BCUT2D eigenvalue weighted by Crippen LogP contribution is -2.24. The van der Waals surface area contributed by atoms with E-state index in [1.807, 2.05) is 54.3 Å². The zero-order valence-corrected chi connectivity index (χ0v) is 14.8. The number of hydrogen-bond acceptors (Lipinski definition) is 5. The van der Waals surface area contributed by atoms with Crippen molar-refractivity contribution in [2.45, 2.75) is 6.54 Å². The summed E-state index contributed by atoms with van der Waals surface area (Å²) in [5.41, 5.74) is 2.25. The van der Waals surface area contributed by atoms with E-state index < -0.39 is 0 Å². The number of aromatic nitrogens is 5. The van der Waals surface area contributed by atoms with Gasteiger partial charge in [-0.1, -0.05) is 18.2 Å². The maximum Gasteiger partial charge on any atom is 0.271 e. The topological polar surface area (TPSA) is 77.6 Å². The number of rotatable bonds is 5. The van der Waals surface area contributed by atoms with Gasteiger partial charge < -0.3 is 9.88 Å². The summed E-state index contributed by atoms with van der Waals surface area (Å²) in [4.78, 5) is 20.9. The van der Waals surface area contributed by atoms with Crippen LogP contribution in [0.4, 0.5) is 0 Å². The number of imidazole rings is 1. The minimum Gasteiger partial charge on any atom is -0.343 e. The first-order valence-corrected chi connectivity index (χ1v) is 8.89. The third kappa shape index (κ3) is 3.27. The molecule has 7 nitrogen and oxygen atoms in total. The monoisotopic (exact) mass is 364 g/mol. The second kappa shape index (κ2) is 6.93. The highest BCUT2D eigenvalue weighted by atomic mass is 32.1. The summed E-state index contributed by atoms with van der Waals surface area (Å²) in [7, 11) is 1.89. The Morgan fingerprint density at radius 2 is 2.12 bits per heavy atom. The van der Waals surface area contributed by atoms with Crippen molar-refractivity contribution in [3.63, 3.8) is 0 Å². The molecule has 3 heterocycles. The average molecular weight is 364 g/mol. The van der Waals surface area contributed by atoms with Crippen LogP contribution < -0.4 is 5.32 Å². The smallest absolute Gasteiger partial charge is 0.271 e. The van der Waals surface area contributed by atoms with E-state index in [-0.39, 0.29) is 5.91 Å². The normalized spacial score (nSPS) is 10.8. The minimum atomic E-state index is -0.217. The molecule has 0 aliphatic carbocycles. The van der Waals surface area contributed by atoms with E-state index in [1.54, 1.807) is 22.5 Å². The number of benzene rings is 1. The number of para-hydroxylation sites is 1. The van der Waals surface area contributed by atoms with Crippen molar-refractivity contribution in [2.75, 3.05) is 0 Å². The molecule has 130 valence electrons. The molecule has 0 aliphatic heterocycles. The van der Waals surface area contributed by atoms with Crippen molar-refractivity contribution in [3.8, 4) is 16.3 Å². The van der Waals surface area contributed by atoms with E-state index in [0.29, 0.717) is 12.2 Å². The van der Waals surface area contributed by atoms with Crippen LogP contribution >= 0.6 is 11.3 Å². The molecule has 3 aromatic heterocycles. The van der Waals surface area contributed by atoms with Crippen molar-refractivity contribution in [3.05, 3.63) is 72.0 Å². The lowest BCUT2D eigenvalue weighted by Gasteiger charge is -2.03. The maximum absolute atomic E-state index is 12.3. The molecule has 0 saturated heterocycles. The Hall–Kier alpha value is -3.26. The molecule has 0 aliphatic rings. The van der Waals surface area contributed by atoms with E-state index in [0.717, 1.165) is 22.1 Å². The number of aryl methyl sites for hydroxylation is 1. The van der Waals surface area contributed by atoms with Crippen LogP contribution in [0.15, 0.2) is 60.5 Å². The number of carbonyl (C=O) groups excluding carboxylic acids is 1. The number of carbonyl (C=O) groups is 1. The van der Waals surface area contributed by atoms with Gasteiger partial charge >= 0.3 is 0 Å². The molecule has 8 heteroatoms. The fourth-order valence-electron chi connectivity index (χ4n) is 2.48. The van der Waals surface area contributed by atoms with Crippen LogP contribution in [-0.2, 0) is 13.6 Å². The molecule has 0 atom stereocenters. The molecular formula is C18H16N6OS. The van der Waals surface area contributed by atoms with Gasteiger partial charge in [0, 0.05) is 36.6 Å². The lowest BCUT2D eigenvalue weighted by atomic mass is 10.3. The fourth-order valence-corrected chi connectivity index (χ4v) is 3.26. The molecule has 26 heavy (non-hydrogen) atoms. The van der Waals surface area contributed by atoms with Crippen LogP contribution in [0, 0.1) is 0 Å². The Morgan fingerprint density at radius 1 is 1.27 bits per heavy atom. The lowest BCUT2D eigenvalue weighted by molar-refractivity contribution is 0.0945. The first kappa shape index (κ1) is 16.2. The van der Waals surface area contributed by atoms with Gasteiger partial charge in [0.1, 0.15) is 16.5 Å². The molecular weight excluding hydrogens is 348 g/mol. The van der Waals surface area contributed by atoms with Gasteiger partial charge in [-0.15, -0.1) is 11.3 Å². The molecule has 4 rings (SSSR count). The SMILES string of the molecule is Cn1ccnc1CNC(=O)c1csc(-c2cnn(-c3ccccc3)c2)n1. The van der Waals surface area contributed by atoms with Crippen molar-refractivity contribution >= 4 is 17.2 Å². The Kier molecular flexibility index (Phi) is 4.32. The highest BCUT2D eigenvalue weighted by Crippen LogP contribution is 2.24. The van der Waals surface area contributed by atoms with Crippen LogP contribution in [0.2, 0.25) is 0 Å². The zero-order chi connectivity index (χ0) is 17.9. The van der Waals surface area contributed by atoms with Gasteiger partial charge in [-0.3, -0.25) is 4.79 Å². The number of nitrogens with zero attached hydrogens (tertiary/aromatic N) is 5. The van der Waals surface area contributed by atoms with E-state index in [4.69, 9.17) is 0 Å². The molecule has 0 unspecified atom stereocenters. The van der Waals surface area contributed by atoms with Crippen molar-refractivity contribution in [2.24, 2.45) is 7.05 Å². The van der Waals surface area contributed by atoms with Crippen LogP contribution in [0.25, 0.3) is 16.3 Å². The van der Waals surface area contributed by atoms with Gasteiger partial charge in [-0.25, -0.2) is 14.6 Å². The fraction of sp³-hybridized carbons (Fsp3) is 0.111. The Labute approximate surface area is 154 Å². The third-order valence-electron chi connectivity index (χ3n) is 3.92. The van der Waals surface area contributed by atoms with Crippen LogP contribution in [0.5, 0.6) is 0 Å². The second-order valence-corrected chi connectivity index (χ2v) is 6.54. The molecule has 0 saturated carbocycles. The number of amides is 1. The minimum absolute atomic E-state index is 0.217. The average Bonchev–Trinajstić information content (AvgIpc) is 3.41. The Bertz CT molecular complexity index is 1030. The van der Waals surface area contributed by atoms with Crippen molar-refractivity contribution < 1.29 is 4.79 Å². The molecule has 4 aromatic rings. The Balaban J connectivity index is 1.47. The number of thiazole rings is 1. The quantitative estimate of drug-likeness (QED) is 0.591. The van der Waals surface area contributed by atoms with Crippen LogP contribution in [0.1, 0.15) is 16.3 Å².